The van der Waals surface area contributed by atoms with Gasteiger partial charge in [-0.1, -0.05) is 25.0 Å². The Kier molecular flexibility index (Phi) is 4.97. The zero-order valence-electron chi connectivity index (χ0n) is 17.5. The van der Waals surface area contributed by atoms with Gasteiger partial charge in [0.05, 0.1) is 11.4 Å². The molecular formula is C23H26N4O3S. The Labute approximate surface area is 185 Å². The molecule has 0 radical (unpaired) electrons. The SMILES string of the molecule is CC(C(=O)Nc1ccccc1N1CCc2sccc2C1)N1C(=O)NC2(CCCC2)C1=O. The van der Waals surface area contributed by atoms with Crippen LogP contribution in [0.3, 0.4) is 0 Å². The fourth-order valence-corrected chi connectivity index (χ4v) is 5.86. The number of hydrogen-bond acceptors (Lipinski definition) is 5. The first-order valence-corrected chi connectivity index (χ1v) is 11.7. The second kappa shape index (κ2) is 7.67. The lowest BCUT2D eigenvalue weighted by Crippen LogP contribution is -2.48. The molecule has 0 bridgehead atoms. The van der Waals surface area contributed by atoms with E-state index < -0.39 is 17.6 Å². The minimum Gasteiger partial charge on any atom is -0.365 e. The number of amides is 4. The van der Waals surface area contributed by atoms with E-state index in [2.05, 4.69) is 27.0 Å². The molecule has 5 rings (SSSR count). The molecule has 4 amide bonds. The lowest BCUT2D eigenvalue weighted by atomic mass is 9.97. The molecule has 1 aliphatic carbocycles. The summed E-state index contributed by atoms with van der Waals surface area (Å²) in [7, 11) is 0. The molecule has 1 saturated carbocycles. The summed E-state index contributed by atoms with van der Waals surface area (Å²) in [4.78, 5) is 43.4. The van der Waals surface area contributed by atoms with Crippen LogP contribution in [0.25, 0.3) is 0 Å². The van der Waals surface area contributed by atoms with Crippen LogP contribution in [-0.4, -0.2) is 40.9 Å². The van der Waals surface area contributed by atoms with E-state index in [0.717, 1.165) is 42.9 Å². The molecule has 1 aromatic heterocycles. The van der Waals surface area contributed by atoms with Gasteiger partial charge in [-0.25, -0.2) is 9.69 Å². The highest BCUT2D eigenvalue weighted by Gasteiger charge is 2.54. The minimum atomic E-state index is -0.884. The van der Waals surface area contributed by atoms with Gasteiger partial charge in [0, 0.05) is 18.0 Å². The molecule has 3 aliphatic rings. The lowest BCUT2D eigenvalue weighted by molar-refractivity contribution is -0.136. The largest absolute Gasteiger partial charge is 0.365 e. The minimum absolute atomic E-state index is 0.271. The fraction of sp³-hybridized carbons (Fsp3) is 0.435. The van der Waals surface area contributed by atoms with E-state index in [1.54, 1.807) is 18.3 Å². The summed E-state index contributed by atoms with van der Waals surface area (Å²) < 4.78 is 0. The van der Waals surface area contributed by atoms with E-state index in [0.29, 0.717) is 18.5 Å². The molecule has 1 saturated heterocycles. The molecule has 7 nitrogen and oxygen atoms in total. The predicted molar refractivity (Wildman–Crippen MR) is 120 cm³/mol. The van der Waals surface area contributed by atoms with Gasteiger partial charge in [0.15, 0.2) is 0 Å². The Morgan fingerprint density at radius 2 is 1.97 bits per heavy atom. The highest BCUT2D eigenvalue weighted by atomic mass is 32.1. The van der Waals surface area contributed by atoms with Gasteiger partial charge in [0.25, 0.3) is 5.91 Å². The molecule has 2 N–H and O–H groups in total. The summed E-state index contributed by atoms with van der Waals surface area (Å²) in [5.74, 6) is -0.633. The Hall–Kier alpha value is -2.87. The molecule has 2 aliphatic heterocycles. The van der Waals surface area contributed by atoms with E-state index >= 15 is 0 Å². The number of urea groups is 1. The quantitative estimate of drug-likeness (QED) is 0.716. The van der Waals surface area contributed by atoms with Gasteiger partial charge in [-0.3, -0.25) is 9.59 Å². The van der Waals surface area contributed by atoms with Gasteiger partial charge in [-0.2, -0.15) is 0 Å². The molecule has 1 aromatic carbocycles. The molecule has 2 aromatic rings. The van der Waals surface area contributed by atoms with Crippen LogP contribution in [-0.2, 0) is 22.6 Å². The van der Waals surface area contributed by atoms with E-state index in [1.807, 2.05) is 24.3 Å². The van der Waals surface area contributed by atoms with Crippen molar-refractivity contribution in [3.63, 3.8) is 0 Å². The van der Waals surface area contributed by atoms with Crippen LogP contribution in [0.1, 0.15) is 43.0 Å². The van der Waals surface area contributed by atoms with Crippen LogP contribution >= 0.6 is 11.3 Å². The molecule has 3 heterocycles. The number of anilines is 2. The van der Waals surface area contributed by atoms with Crippen molar-refractivity contribution in [2.75, 3.05) is 16.8 Å². The van der Waals surface area contributed by atoms with E-state index in [9.17, 15) is 14.4 Å². The van der Waals surface area contributed by atoms with Crippen molar-refractivity contribution < 1.29 is 14.4 Å². The number of nitrogens with zero attached hydrogens (tertiary/aromatic N) is 2. The van der Waals surface area contributed by atoms with Crippen LogP contribution in [0.15, 0.2) is 35.7 Å². The summed E-state index contributed by atoms with van der Waals surface area (Å²) in [5.41, 5.74) is 2.16. The third-order valence-electron chi connectivity index (χ3n) is 6.73. The summed E-state index contributed by atoms with van der Waals surface area (Å²) in [6.45, 7) is 3.30. The summed E-state index contributed by atoms with van der Waals surface area (Å²) in [6, 6.07) is 8.51. The Morgan fingerprint density at radius 1 is 1.19 bits per heavy atom. The smallest absolute Gasteiger partial charge is 0.325 e. The van der Waals surface area contributed by atoms with Gasteiger partial charge in [0.2, 0.25) is 5.91 Å². The summed E-state index contributed by atoms with van der Waals surface area (Å²) in [6.07, 6.45) is 4.09. The van der Waals surface area contributed by atoms with Crippen molar-refractivity contribution in [1.82, 2.24) is 10.2 Å². The van der Waals surface area contributed by atoms with Crippen molar-refractivity contribution in [3.05, 3.63) is 46.2 Å². The van der Waals surface area contributed by atoms with Crippen LogP contribution in [0.5, 0.6) is 0 Å². The van der Waals surface area contributed by atoms with Gasteiger partial charge in [-0.15, -0.1) is 11.3 Å². The molecular weight excluding hydrogens is 412 g/mol. The second-order valence-corrected chi connectivity index (χ2v) is 9.62. The number of benzene rings is 1. The second-order valence-electron chi connectivity index (χ2n) is 8.62. The van der Waals surface area contributed by atoms with Crippen molar-refractivity contribution >= 4 is 40.6 Å². The number of imide groups is 1. The van der Waals surface area contributed by atoms with Crippen molar-refractivity contribution in [2.24, 2.45) is 0 Å². The first-order chi connectivity index (χ1) is 15.0. The van der Waals surface area contributed by atoms with Crippen molar-refractivity contribution in [2.45, 2.75) is 57.2 Å². The third kappa shape index (κ3) is 3.39. The molecule has 1 spiro atoms. The van der Waals surface area contributed by atoms with Crippen LogP contribution in [0, 0.1) is 0 Å². The highest BCUT2D eigenvalue weighted by Crippen LogP contribution is 2.36. The number of carbonyl (C=O) groups excluding carboxylic acids is 3. The normalized spacial score (nSPS) is 20.7. The Balaban J connectivity index is 1.33. The molecule has 31 heavy (non-hydrogen) atoms. The average molecular weight is 439 g/mol. The number of para-hydroxylation sites is 2. The third-order valence-corrected chi connectivity index (χ3v) is 7.75. The maximum atomic E-state index is 13.1. The standard InChI is InChI=1S/C23H26N4O3S/c1-15(27-21(29)23(25-22(27)30)10-4-5-11-23)20(28)24-17-6-2-3-7-18(17)26-12-8-19-16(14-26)9-13-31-19/h2-3,6-7,9,13,15H,4-5,8,10-12,14H2,1H3,(H,24,28)(H,25,30). The number of carbonyl (C=O) groups is 3. The molecule has 2 fully saturated rings. The first-order valence-electron chi connectivity index (χ1n) is 10.8. The van der Waals surface area contributed by atoms with E-state index in [4.69, 9.17) is 0 Å². The van der Waals surface area contributed by atoms with E-state index in [-0.39, 0.29) is 11.8 Å². The van der Waals surface area contributed by atoms with Gasteiger partial charge in [0.1, 0.15) is 11.6 Å². The Morgan fingerprint density at radius 3 is 2.77 bits per heavy atom. The average Bonchev–Trinajstić information content (AvgIpc) is 3.48. The van der Waals surface area contributed by atoms with Gasteiger partial charge >= 0.3 is 6.03 Å². The summed E-state index contributed by atoms with van der Waals surface area (Å²) in [5, 5.41) is 7.94. The van der Waals surface area contributed by atoms with Crippen LogP contribution in [0.2, 0.25) is 0 Å². The zero-order chi connectivity index (χ0) is 21.6. The van der Waals surface area contributed by atoms with Crippen molar-refractivity contribution in [3.8, 4) is 0 Å². The molecule has 8 heteroatoms. The molecule has 1 unspecified atom stereocenters. The number of hydrogen-bond donors (Lipinski definition) is 2. The molecule has 1 atom stereocenters. The summed E-state index contributed by atoms with van der Waals surface area (Å²) >= 11 is 1.79. The predicted octanol–water partition coefficient (Wildman–Crippen LogP) is 3.50. The maximum absolute atomic E-state index is 13.1. The first kappa shape index (κ1) is 20.1. The van der Waals surface area contributed by atoms with Crippen LogP contribution < -0.4 is 15.5 Å². The Bertz CT molecular complexity index is 1040. The van der Waals surface area contributed by atoms with Crippen molar-refractivity contribution in [1.29, 1.82) is 0 Å². The maximum Gasteiger partial charge on any atom is 0.325 e. The van der Waals surface area contributed by atoms with E-state index in [1.165, 1.54) is 10.4 Å². The highest BCUT2D eigenvalue weighted by molar-refractivity contribution is 7.10. The monoisotopic (exact) mass is 438 g/mol. The topological polar surface area (TPSA) is 81.8 Å². The fourth-order valence-electron chi connectivity index (χ4n) is 4.97. The number of thiophene rings is 1. The lowest BCUT2D eigenvalue weighted by Gasteiger charge is -2.31. The molecule has 162 valence electrons. The van der Waals surface area contributed by atoms with Gasteiger partial charge in [-0.05, 0) is 55.3 Å². The van der Waals surface area contributed by atoms with Gasteiger partial charge < -0.3 is 15.5 Å². The zero-order valence-corrected chi connectivity index (χ0v) is 18.3. The number of fused-ring (bicyclic) bond motifs is 1. The number of nitrogens with one attached hydrogen (secondary N) is 2. The number of rotatable bonds is 4. The van der Waals surface area contributed by atoms with Crippen LogP contribution in [0.4, 0.5) is 16.2 Å².